The normalized spacial score (nSPS) is 9.89. The van der Waals surface area contributed by atoms with Crippen LogP contribution in [0.5, 0.6) is 11.5 Å². The first-order valence-electron chi connectivity index (χ1n) is 5.96. The summed E-state index contributed by atoms with van der Waals surface area (Å²) in [5.41, 5.74) is 2.15. The summed E-state index contributed by atoms with van der Waals surface area (Å²) in [5, 5.41) is 18.2. The molecular formula is C15H14N2O2. The van der Waals surface area contributed by atoms with Crippen molar-refractivity contribution in [1.82, 2.24) is 4.98 Å². The van der Waals surface area contributed by atoms with Crippen molar-refractivity contribution in [2.24, 2.45) is 0 Å². The van der Waals surface area contributed by atoms with E-state index < -0.39 is 0 Å². The van der Waals surface area contributed by atoms with Gasteiger partial charge in [-0.05, 0) is 25.1 Å². The maximum atomic E-state index is 9.35. The summed E-state index contributed by atoms with van der Waals surface area (Å²) in [4.78, 5) is 4.05. The molecule has 2 rings (SSSR count). The molecule has 2 aromatic rings. The molecule has 0 fully saturated rings. The molecule has 1 N–H and O–H groups in total. The van der Waals surface area contributed by atoms with Gasteiger partial charge in [0.15, 0.2) is 5.75 Å². The van der Waals surface area contributed by atoms with Crippen molar-refractivity contribution in [3.8, 4) is 17.6 Å². The Labute approximate surface area is 111 Å². The van der Waals surface area contributed by atoms with Crippen LogP contribution in [-0.2, 0) is 6.42 Å². The highest BCUT2D eigenvalue weighted by Crippen LogP contribution is 2.16. The molecule has 0 radical (unpaired) electrons. The molecule has 0 saturated carbocycles. The molecule has 0 unspecified atom stereocenters. The van der Waals surface area contributed by atoms with E-state index in [0.29, 0.717) is 13.0 Å². The van der Waals surface area contributed by atoms with Crippen molar-refractivity contribution in [3.05, 3.63) is 53.3 Å². The molecule has 96 valence electrons. The third-order valence-electron chi connectivity index (χ3n) is 2.71. The standard InChI is InChI=1S/C15H14N2O2/c1-11-2-4-14(5-3-11)19-7-6-13-8-12(9-16)15(18)10-17-13/h2-5,8,10,18H,6-7H2,1H3. The maximum Gasteiger partial charge on any atom is 0.151 e. The number of hydrogen-bond donors (Lipinski definition) is 1. The maximum absolute atomic E-state index is 9.35. The number of benzene rings is 1. The van der Waals surface area contributed by atoms with Crippen LogP contribution in [0.1, 0.15) is 16.8 Å². The molecule has 0 saturated heterocycles. The lowest BCUT2D eigenvalue weighted by atomic mass is 10.2. The van der Waals surface area contributed by atoms with Crippen LogP contribution in [0.15, 0.2) is 36.5 Å². The highest BCUT2D eigenvalue weighted by Gasteiger charge is 2.03. The Morgan fingerprint density at radius 1 is 1.32 bits per heavy atom. The van der Waals surface area contributed by atoms with Gasteiger partial charge in [-0.2, -0.15) is 5.26 Å². The predicted molar refractivity (Wildman–Crippen MR) is 71.0 cm³/mol. The van der Waals surface area contributed by atoms with E-state index in [4.69, 9.17) is 10.00 Å². The minimum atomic E-state index is -0.0919. The van der Waals surface area contributed by atoms with Crippen molar-refractivity contribution in [2.75, 3.05) is 6.61 Å². The molecule has 0 spiro atoms. The lowest BCUT2D eigenvalue weighted by molar-refractivity contribution is 0.320. The summed E-state index contributed by atoms with van der Waals surface area (Å²) in [6.45, 7) is 2.50. The molecule has 0 bridgehead atoms. The van der Waals surface area contributed by atoms with Gasteiger partial charge in [0.1, 0.15) is 11.8 Å². The molecule has 1 aromatic heterocycles. The lowest BCUT2D eigenvalue weighted by Crippen LogP contribution is -2.03. The van der Waals surface area contributed by atoms with E-state index in [1.165, 1.54) is 11.8 Å². The SMILES string of the molecule is Cc1ccc(OCCc2cc(C#N)c(O)cn2)cc1. The van der Waals surface area contributed by atoms with Crippen molar-refractivity contribution in [3.63, 3.8) is 0 Å². The lowest BCUT2D eigenvalue weighted by Gasteiger charge is -2.06. The quantitative estimate of drug-likeness (QED) is 0.910. The highest BCUT2D eigenvalue weighted by atomic mass is 16.5. The van der Waals surface area contributed by atoms with Crippen molar-refractivity contribution in [2.45, 2.75) is 13.3 Å². The predicted octanol–water partition coefficient (Wildman–Crippen LogP) is 2.59. The number of nitriles is 1. The van der Waals surface area contributed by atoms with Gasteiger partial charge in [-0.25, -0.2) is 0 Å². The first kappa shape index (κ1) is 12.9. The van der Waals surface area contributed by atoms with Crippen LogP contribution in [0.4, 0.5) is 0 Å². The Morgan fingerprint density at radius 2 is 2.05 bits per heavy atom. The number of ether oxygens (including phenoxy) is 1. The topological polar surface area (TPSA) is 66.1 Å². The smallest absolute Gasteiger partial charge is 0.151 e. The van der Waals surface area contributed by atoms with Gasteiger partial charge in [0.2, 0.25) is 0 Å². The molecule has 0 aliphatic rings. The summed E-state index contributed by atoms with van der Waals surface area (Å²) < 4.78 is 5.58. The summed E-state index contributed by atoms with van der Waals surface area (Å²) in [5.74, 6) is 0.718. The monoisotopic (exact) mass is 254 g/mol. The van der Waals surface area contributed by atoms with Crippen LogP contribution in [0, 0.1) is 18.3 Å². The van der Waals surface area contributed by atoms with Gasteiger partial charge >= 0.3 is 0 Å². The molecular weight excluding hydrogens is 240 g/mol. The van der Waals surface area contributed by atoms with Gasteiger partial charge in [0, 0.05) is 12.1 Å². The molecule has 4 heteroatoms. The Hall–Kier alpha value is -2.54. The van der Waals surface area contributed by atoms with Gasteiger partial charge in [-0.15, -0.1) is 0 Å². The summed E-state index contributed by atoms with van der Waals surface area (Å²) in [6.07, 6.45) is 1.88. The molecule has 0 aliphatic heterocycles. The van der Waals surface area contributed by atoms with E-state index in [1.54, 1.807) is 6.07 Å². The Balaban J connectivity index is 1.92. The van der Waals surface area contributed by atoms with Crippen molar-refractivity contribution >= 4 is 0 Å². The average Bonchev–Trinajstić information content (AvgIpc) is 2.43. The second-order valence-corrected chi connectivity index (χ2v) is 4.22. The molecule has 1 heterocycles. The van der Waals surface area contributed by atoms with E-state index in [9.17, 15) is 5.11 Å². The fraction of sp³-hybridized carbons (Fsp3) is 0.200. The fourth-order valence-corrected chi connectivity index (χ4v) is 1.63. The average molecular weight is 254 g/mol. The molecule has 0 aliphatic carbocycles. The Bertz CT molecular complexity index is 601. The number of aryl methyl sites for hydroxylation is 1. The zero-order valence-electron chi connectivity index (χ0n) is 10.6. The van der Waals surface area contributed by atoms with Gasteiger partial charge in [-0.1, -0.05) is 17.7 Å². The van der Waals surface area contributed by atoms with Crippen LogP contribution >= 0.6 is 0 Å². The van der Waals surface area contributed by atoms with Gasteiger partial charge in [0.05, 0.1) is 18.4 Å². The van der Waals surface area contributed by atoms with Crippen LogP contribution in [0.3, 0.4) is 0 Å². The largest absolute Gasteiger partial charge is 0.505 e. The molecule has 0 atom stereocenters. The van der Waals surface area contributed by atoms with Crippen molar-refractivity contribution < 1.29 is 9.84 Å². The Kier molecular flexibility index (Phi) is 3.99. The van der Waals surface area contributed by atoms with Crippen LogP contribution in [0.2, 0.25) is 0 Å². The van der Waals surface area contributed by atoms with Crippen LogP contribution in [0.25, 0.3) is 0 Å². The zero-order chi connectivity index (χ0) is 13.7. The third kappa shape index (κ3) is 3.46. The van der Waals surface area contributed by atoms with Crippen LogP contribution < -0.4 is 4.74 Å². The number of rotatable bonds is 4. The molecule has 19 heavy (non-hydrogen) atoms. The number of aromatic nitrogens is 1. The van der Waals surface area contributed by atoms with E-state index in [1.807, 2.05) is 37.3 Å². The third-order valence-corrected chi connectivity index (χ3v) is 2.71. The zero-order valence-corrected chi connectivity index (χ0v) is 10.6. The number of nitrogens with zero attached hydrogens (tertiary/aromatic N) is 2. The fourth-order valence-electron chi connectivity index (χ4n) is 1.63. The molecule has 4 nitrogen and oxygen atoms in total. The van der Waals surface area contributed by atoms with E-state index >= 15 is 0 Å². The van der Waals surface area contributed by atoms with Crippen LogP contribution in [-0.4, -0.2) is 16.7 Å². The van der Waals surface area contributed by atoms with E-state index in [0.717, 1.165) is 11.4 Å². The first-order valence-corrected chi connectivity index (χ1v) is 5.96. The van der Waals surface area contributed by atoms with Gasteiger partial charge in [0.25, 0.3) is 0 Å². The minimum absolute atomic E-state index is 0.0919. The summed E-state index contributed by atoms with van der Waals surface area (Å²) in [6, 6.07) is 11.3. The number of hydrogen-bond acceptors (Lipinski definition) is 4. The van der Waals surface area contributed by atoms with E-state index in [-0.39, 0.29) is 11.3 Å². The highest BCUT2D eigenvalue weighted by molar-refractivity contribution is 5.41. The number of pyridine rings is 1. The van der Waals surface area contributed by atoms with E-state index in [2.05, 4.69) is 4.98 Å². The Morgan fingerprint density at radius 3 is 2.74 bits per heavy atom. The van der Waals surface area contributed by atoms with Gasteiger partial charge in [-0.3, -0.25) is 4.98 Å². The van der Waals surface area contributed by atoms with Crippen molar-refractivity contribution in [1.29, 1.82) is 5.26 Å². The molecule has 1 aromatic carbocycles. The number of aromatic hydroxyl groups is 1. The summed E-state index contributed by atoms with van der Waals surface area (Å²) in [7, 11) is 0. The molecule has 0 amide bonds. The van der Waals surface area contributed by atoms with Gasteiger partial charge < -0.3 is 9.84 Å². The second kappa shape index (κ2) is 5.87. The first-order chi connectivity index (χ1) is 9.19. The summed E-state index contributed by atoms with van der Waals surface area (Å²) >= 11 is 0. The minimum Gasteiger partial charge on any atom is -0.505 e. The second-order valence-electron chi connectivity index (χ2n) is 4.22.